The van der Waals surface area contributed by atoms with E-state index >= 15 is 0 Å². The number of anilines is 1. The summed E-state index contributed by atoms with van der Waals surface area (Å²) in [6, 6.07) is 4.56. The molecule has 38 heavy (non-hydrogen) atoms. The summed E-state index contributed by atoms with van der Waals surface area (Å²) < 4.78 is 82.3. The van der Waals surface area contributed by atoms with E-state index in [4.69, 9.17) is 0 Å². The predicted octanol–water partition coefficient (Wildman–Crippen LogP) is 5.05. The van der Waals surface area contributed by atoms with Crippen LogP contribution in [0.25, 0.3) is 11.2 Å². The number of hydrogen-bond donors (Lipinski definition) is 0. The first-order valence-electron chi connectivity index (χ1n) is 11.7. The van der Waals surface area contributed by atoms with Crippen LogP contribution in [0, 0.1) is 0 Å². The molecule has 0 aliphatic carbocycles. The van der Waals surface area contributed by atoms with Crippen LogP contribution < -0.4 is 10.5 Å². The standard InChI is InChI=1S/C25H20F6N6O/c26-24(27,28)17-2-1-6-33-20(17)14-37-22-19(34-8-9-35-22)12-16(23(37)38)15-4-10-36(11-5-15)21-13-32-7-3-18(21)25(29,30)31/h1-3,6-9,12-13,15H,4-5,10-11,14H2. The monoisotopic (exact) mass is 534 g/mol. The Labute approximate surface area is 211 Å². The fourth-order valence-electron chi connectivity index (χ4n) is 4.83. The molecule has 198 valence electrons. The second kappa shape index (κ2) is 9.69. The van der Waals surface area contributed by atoms with E-state index in [-0.39, 0.29) is 36.0 Å². The Morgan fingerprint density at radius 1 is 0.868 bits per heavy atom. The third kappa shape index (κ3) is 4.92. The molecule has 0 radical (unpaired) electrons. The maximum Gasteiger partial charge on any atom is 0.418 e. The van der Waals surface area contributed by atoms with Crippen molar-refractivity contribution in [3.63, 3.8) is 0 Å². The summed E-state index contributed by atoms with van der Waals surface area (Å²) in [5.74, 6) is -0.340. The maximum atomic E-state index is 13.6. The van der Waals surface area contributed by atoms with Gasteiger partial charge in [0.25, 0.3) is 5.56 Å². The first-order chi connectivity index (χ1) is 18.0. The van der Waals surface area contributed by atoms with Crippen molar-refractivity contribution in [3.05, 3.63) is 88.0 Å². The Kier molecular flexibility index (Phi) is 6.53. The zero-order valence-electron chi connectivity index (χ0n) is 19.7. The van der Waals surface area contributed by atoms with Gasteiger partial charge in [-0.25, -0.2) is 4.98 Å². The number of aromatic nitrogens is 5. The molecule has 0 N–H and O–H groups in total. The molecular formula is C25H20F6N6O. The van der Waals surface area contributed by atoms with E-state index in [2.05, 4.69) is 19.9 Å². The summed E-state index contributed by atoms with van der Waals surface area (Å²) in [5.41, 5.74) is -1.89. The van der Waals surface area contributed by atoms with Crippen LogP contribution in [0.3, 0.4) is 0 Å². The Bertz CT molecular complexity index is 1530. The smallest absolute Gasteiger partial charge is 0.370 e. The molecule has 0 aromatic carbocycles. The van der Waals surface area contributed by atoms with E-state index in [9.17, 15) is 31.1 Å². The number of halogens is 6. The van der Waals surface area contributed by atoms with Crippen LogP contribution >= 0.6 is 0 Å². The Morgan fingerprint density at radius 3 is 2.29 bits per heavy atom. The summed E-state index contributed by atoms with van der Waals surface area (Å²) in [4.78, 5) is 31.3. The second-order valence-corrected chi connectivity index (χ2v) is 8.90. The van der Waals surface area contributed by atoms with Crippen LogP contribution in [-0.2, 0) is 18.9 Å². The maximum absolute atomic E-state index is 13.6. The van der Waals surface area contributed by atoms with Crippen molar-refractivity contribution in [1.82, 2.24) is 24.5 Å². The summed E-state index contributed by atoms with van der Waals surface area (Å²) in [7, 11) is 0. The molecule has 0 spiro atoms. The van der Waals surface area contributed by atoms with Crippen molar-refractivity contribution in [1.29, 1.82) is 0 Å². The molecule has 0 atom stereocenters. The molecule has 1 saturated heterocycles. The summed E-state index contributed by atoms with van der Waals surface area (Å²) >= 11 is 0. The van der Waals surface area contributed by atoms with E-state index in [1.807, 2.05) is 0 Å². The molecule has 5 rings (SSSR count). The fourth-order valence-corrected chi connectivity index (χ4v) is 4.83. The van der Waals surface area contributed by atoms with Gasteiger partial charge in [0.15, 0.2) is 5.65 Å². The minimum atomic E-state index is -4.67. The quantitative estimate of drug-likeness (QED) is 0.341. The lowest BCUT2D eigenvalue weighted by Crippen LogP contribution is -2.37. The van der Waals surface area contributed by atoms with Gasteiger partial charge in [-0.05, 0) is 43.0 Å². The molecule has 5 heterocycles. The highest BCUT2D eigenvalue weighted by Gasteiger charge is 2.37. The summed E-state index contributed by atoms with van der Waals surface area (Å²) in [5, 5.41) is 0. The van der Waals surface area contributed by atoms with Crippen molar-refractivity contribution < 1.29 is 26.3 Å². The topological polar surface area (TPSA) is 76.8 Å². The van der Waals surface area contributed by atoms with E-state index in [0.717, 1.165) is 22.9 Å². The lowest BCUT2D eigenvalue weighted by Gasteiger charge is -2.34. The van der Waals surface area contributed by atoms with Gasteiger partial charge >= 0.3 is 12.4 Å². The molecule has 1 fully saturated rings. The average Bonchev–Trinajstić information content (AvgIpc) is 2.89. The molecule has 0 bridgehead atoms. The van der Waals surface area contributed by atoms with Gasteiger partial charge in [0.05, 0.1) is 35.2 Å². The largest absolute Gasteiger partial charge is 0.418 e. The predicted molar refractivity (Wildman–Crippen MR) is 126 cm³/mol. The number of piperidine rings is 1. The molecule has 7 nitrogen and oxygen atoms in total. The van der Waals surface area contributed by atoms with E-state index in [1.54, 1.807) is 11.0 Å². The van der Waals surface area contributed by atoms with E-state index in [0.29, 0.717) is 23.9 Å². The molecular weight excluding hydrogens is 514 g/mol. The van der Waals surface area contributed by atoms with Gasteiger partial charge in [0.2, 0.25) is 0 Å². The second-order valence-electron chi connectivity index (χ2n) is 8.90. The van der Waals surface area contributed by atoms with Gasteiger partial charge in [-0.3, -0.25) is 24.3 Å². The first kappa shape index (κ1) is 25.6. The zero-order valence-corrected chi connectivity index (χ0v) is 19.7. The molecule has 13 heteroatoms. The van der Waals surface area contributed by atoms with Gasteiger partial charge in [-0.1, -0.05) is 0 Å². The van der Waals surface area contributed by atoms with Crippen LogP contribution in [0.5, 0.6) is 0 Å². The SMILES string of the molecule is O=c1c(C2CCN(c3cnccc3C(F)(F)F)CC2)cc2nccnc2n1Cc1ncccc1C(F)(F)F. The number of rotatable bonds is 4. The third-order valence-electron chi connectivity index (χ3n) is 6.63. The Hall–Kier alpha value is -4.03. The molecule has 4 aromatic heterocycles. The zero-order chi connectivity index (χ0) is 27.1. The molecule has 1 aliphatic heterocycles. The highest BCUT2D eigenvalue weighted by molar-refractivity contribution is 5.71. The average molecular weight is 534 g/mol. The van der Waals surface area contributed by atoms with Crippen molar-refractivity contribution in [3.8, 4) is 0 Å². The summed E-state index contributed by atoms with van der Waals surface area (Å²) in [6.45, 7) is -0.00722. The number of alkyl halides is 6. The molecule has 1 aliphatic rings. The summed E-state index contributed by atoms with van der Waals surface area (Å²) in [6.07, 6.45) is -2.28. The van der Waals surface area contributed by atoms with E-state index < -0.39 is 35.6 Å². The molecule has 0 amide bonds. The highest BCUT2D eigenvalue weighted by Crippen LogP contribution is 2.38. The van der Waals surface area contributed by atoms with Crippen molar-refractivity contribution in [2.45, 2.75) is 37.7 Å². The Morgan fingerprint density at radius 2 is 1.58 bits per heavy atom. The van der Waals surface area contributed by atoms with Crippen molar-refractivity contribution in [2.24, 2.45) is 0 Å². The van der Waals surface area contributed by atoms with Gasteiger partial charge in [-0.2, -0.15) is 26.3 Å². The highest BCUT2D eigenvalue weighted by atomic mass is 19.4. The third-order valence-corrected chi connectivity index (χ3v) is 6.63. The minimum Gasteiger partial charge on any atom is -0.370 e. The van der Waals surface area contributed by atoms with Crippen molar-refractivity contribution in [2.75, 3.05) is 18.0 Å². The van der Waals surface area contributed by atoms with Gasteiger partial charge in [-0.15, -0.1) is 0 Å². The van der Waals surface area contributed by atoms with Gasteiger partial charge < -0.3 is 4.90 Å². The Balaban J connectivity index is 1.49. The number of fused-ring (bicyclic) bond motifs is 1. The van der Waals surface area contributed by atoms with Crippen LogP contribution in [-0.4, -0.2) is 37.6 Å². The molecule has 0 unspecified atom stereocenters. The lowest BCUT2D eigenvalue weighted by molar-refractivity contribution is -0.138. The molecule has 4 aromatic rings. The van der Waals surface area contributed by atoms with Crippen molar-refractivity contribution >= 4 is 16.9 Å². The van der Waals surface area contributed by atoms with Crippen LogP contribution in [0.1, 0.15) is 41.1 Å². The van der Waals surface area contributed by atoms with Crippen LogP contribution in [0.15, 0.2) is 60.0 Å². The van der Waals surface area contributed by atoms with Crippen LogP contribution in [0.4, 0.5) is 32.0 Å². The number of hydrogen-bond acceptors (Lipinski definition) is 6. The molecule has 0 saturated carbocycles. The number of pyridine rings is 3. The first-order valence-corrected chi connectivity index (χ1v) is 11.7. The van der Waals surface area contributed by atoms with Gasteiger partial charge in [0, 0.05) is 43.4 Å². The minimum absolute atomic E-state index is 0.0323. The number of nitrogens with zero attached hydrogens (tertiary/aromatic N) is 6. The lowest BCUT2D eigenvalue weighted by atomic mass is 9.89. The fraction of sp³-hybridized carbons (Fsp3) is 0.320. The van der Waals surface area contributed by atoms with Crippen LogP contribution in [0.2, 0.25) is 0 Å². The normalized spacial score (nSPS) is 15.3. The van der Waals surface area contributed by atoms with E-state index in [1.165, 1.54) is 30.9 Å². The van der Waals surface area contributed by atoms with Gasteiger partial charge in [0.1, 0.15) is 5.52 Å².